The van der Waals surface area contributed by atoms with Crippen molar-refractivity contribution in [1.29, 1.82) is 0 Å². The van der Waals surface area contributed by atoms with Gasteiger partial charge in [-0.3, -0.25) is 4.31 Å². The van der Waals surface area contributed by atoms with Gasteiger partial charge in [-0.1, -0.05) is 89.0 Å². The molecule has 1 N–H and O–H groups in total. The van der Waals surface area contributed by atoms with Gasteiger partial charge in [0.05, 0.1) is 25.5 Å². The third kappa shape index (κ3) is 9.34. The molecule has 272 valence electrons. The maximum absolute atomic E-state index is 14.2. The number of fused-ring (bicyclic) bond motifs is 2. The van der Waals surface area contributed by atoms with Crippen LogP contribution in [-0.4, -0.2) is 57.4 Å². The fourth-order valence-electron chi connectivity index (χ4n) is 6.91. The van der Waals surface area contributed by atoms with Gasteiger partial charge in [-0.15, -0.1) is 0 Å². The number of unbranched alkanes of at least 4 members (excludes halogenated alkanes) is 9. The third-order valence-electron chi connectivity index (χ3n) is 9.47. The molecule has 7 nitrogen and oxygen atoms in total. The van der Waals surface area contributed by atoms with Gasteiger partial charge in [0.15, 0.2) is 0 Å². The van der Waals surface area contributed by atoms with Crippen molar-refractivity contribution in [2.24, 2.45) is 0 Å². The minimum absolute atomic E-state index is 0.00851. The molecule has 3 aromatic rings. The van der Waals surface area contributed by atoms with E-state index < -0.39 is 40.2 Å². The van der Waals surface area contributed by atoms with Crippen LogP contribution < -0.4 is 13.8 Å². The molecule has 0 spiro atoms. The Kier molecular flexibility index (Phi) is 12.8. The van der Waals surface area contributed by atoms with E-state index in [9.17, 15) is 26.7 Å². The summed E-state index contributed by atoms with van der Waals surface area (Å²) < 4.78 is 87.7. The van der Waals surface area contributed by atoms with E-state index in [0.717, 1.165) is 29.7 Å². The lowest BCUT2D eigenvalue weighted by molar-refractivity contribution is -0.117. The van der Waals surface area contributed by atoms with Crippen LogP contribution in [0.4, 0.5) is 18.9 Å². The lowest BCUT2D eigenvalue weighted by atomic mass is 9.83. The number of phenols is 1. The zero-order valence-electron chi connectivity index (χ0n) is 28.8. The van der Waals surface area contributed by atoms with Gasteiger partial charge >= 0.3 is 6.18 Å². The number of sulfonamides is 1. The summed E-state index contributed by atoms with van der Waals surface area (Å²) in [4.78, 5) is 0. The topological polar surface area (TPSA) is 85.3 Å². The lowest BCUT2D eigenvalue weighted by Gasteiger charge is -2.32. The van der Waals surface area contributed by atoms with Gasteiger partial charge in [-0.25, -0.2) is 8.42 Å². The highest BCUT2D eigenvalue weighted by Crippen LogP contribution is 2.51. The molecule has 0 amide bonds. The first-order chi connectivity index (χ1) is 24.0. The van der Waals surface area contributed by atoms with Crippen molar-refractivity contribution in [2.75, 3.05) is 24.6 Å². The zero-order chi connectivity index (χ0) is 35.7. The van der Waals surface area contributed by atoms with Crippen molar-refractivity contribution in [3.05, 3.63) is 83.9 Å². The van der Waals surface area contributed by atoms with Crippen LogP contribution in [0.3, 0.4) is 0 Å². The van der Waals surface area contributed by atoms with E-state index in [1.807, 2.05) is 24.3 Å². The van der Waals surface area contributed by atoms with Gasteiger partial charge in [-0.05, 0) is 83.6 Å². The molecule has 2 aliphatic rings. The smallest absolute Gasteiger partial charge is 0.407 e. The monoisotopic (exact) mass is 715 g/mol. The quantitative estimate of drug-likeness (QED) is 0.125. The van der Waals surface area contributed by atoms with Gasteiger partial charge in [0, 0.05) is 0 Å². The molecule has 2 aliphatic heterocycles. The first-order valence-corrected chi connectivity index (χ1v) is 19.2. The van der Waals surface area contributed by atoms with Crippen molar-refractivity contribution < 1.29 is 40.9 Å². The summed E-state index contributed by atoms with van der Waals surface area (Å²) in [5, 5.41) is 8.70. The Morgan fingerprint density at radius 2 is 1.32 bits per heavy atom. The molecule has 0 saturated carbocycles. The molecule has 2 heterocycles. The predicted molar refractivity (Wildman–Crippen MR) is 191 cm³/mol. The number of methoxy groups -OCH3 is 1. The number of phenolic OH excluding ortho intramolecular Hbond substituents is 1. The molecule has 1 fully saturated rings. The first kappa shape index (κ1) is 37.6. The maximum Gasteiger partial charge on any atom is 0.407 e. The Balaban J connectivity index is 1.31. The third-order valence-corrected chi connectivity index (χ3v) is 11.6. The average molecular weight is 716 g/mol. The van der Waals surface area contributed by atoms with E-state index in [4.69, 9.17) is 14.2 Å². The van der Waals surface area contributed by atoms with E-state index in [1.165, 1.54) is 94.9 Å². The summed E-state index contributed by atoms with van der Waals surface area (Å²) >= 11 is 0. The van der Waals surface area contributed by atoms with Crippen molar-refractivity contribution >= 4 is 26.9 Å². The molecule has 0 unspecified atom stereocenters. The zero-order valence-corrected chi connectivity index (χ0v) is 29.6. The van der Waals surface area contributed by atoms with E-state index in [0.29, 0.717) is 27.8 Å². The Morgan fingerprint density at radius 3 is 1.90 bits per heavy atom. The molecular weight excluding hydrogens is 667 g/mol. The molecular formula is C39H48F3NO6S. The molecule has 0 aliphatic carbocycles. The summed E-state index contributed by atoms with van der Waals surface area (Å²) in [6.07, 6.45) is 5.96. The van der Waals surface area contributed by atoms with Crippen LogP contribution in [0.15, 0.2) is 72.8 Å². The van der Waals surface area contributed by atoms with E-state index in [1.54, 1.807) is 12.1 Å². The van der Waals surface area contributed by atoms with E-state index in [2.05, 4.69) is 6.92 Å². The molecule has 3 atom stereocenters. The Bertz CT molecular complexity index is 1660. The number of hydrogen-bond acceptors (Lipinski definition) is 6. The number of ether oxygens (including phenoxy) is 3. The van der Waals surface area contributed by atoms with Crippen molar-refractivity contribution in [3.8, 4) is 17.2 Å². The molecule has 0 aromatic heterocycles. The normalized spacial score (nSPS) is 18.9. The Labute approximate surface area is 294 Å². The van der Waals surface area contributed by atoms with Gasteiger partial charge in [0.25, 0.3) is 0 Å². The average Bonchev–Trinajstić information content (AvgIpc) is 3.70. The molecule has 0 radical (unpaired) electrons. The highest BCUT2D eigenvalue weighted by Gasteiger charge is 2.55. The number of aromatic hydroxyl groups is 1. The summed E-state index contributed by atoms with van der Waals surface area (Å²) in [5.41, 5.74) is 2.67. The summed E-state index contributed by atoms with van der Waals surface area (Å²) in [6.45, 7) is 1.17. The van der Waals surface area contributed by atoms with Crippen LogP contribution in [0.1, 0.15) is 88.7 Å². The number of hydrogen-bond donors (Lipinski definition) is 1. The molecule has 1 saturated heterocycles. The van der Waals surface area contributed by atoms with Crippen LogP contribution in [0.5, 0.6) is 17.2 Å². The number of halogens is 3. The van der Waals surface area contributed by atoms with Gasteiger partial charge in [0.1, 0.15) is 35.1 Å². The van der Waals surface area contributed by atoms with Crippen molar-refractivity contribution in [2.45, 2.75) is 101 Å². The number of anilines is 1. The summed E-state index contributed by atoms with van der Waals surface area (Å²) in [5.74, 6) is 1.14. The minimum Gasteiger partial charge on any atom is -0.508 e. The standard InChI is InChI=1S/C39H48F3NO6S/c1-3-4-5-6-7-8-9-10-11-12-25-48-33-21-15-28(16-22-33)36-34-26-35(38(49-34)37(36)29-13-19-31(44)20-14-29)50(45,46)43(27-39(40,41)42)30-17-23-32(47-2)24-18-30/h13-24,34-35,38,44H,3-12,25-27H2,1-2H3/t34-,35+,38+/m1/s1. The molecule has 11 heteroatoms. The second-order valence-corrected chi connectivity index (χ2v) is 15.2. The van der Waals surface area contributed by atoms with Crippen LogP contribution in [-0.2, 0) is 14.8 Å². The van der Waals surface area contributed by atoms with Crippen molar-refractivity contribution in [3.63, 3.8) is 0 Å². The summed E-state index contributed by atoms with van der Waals surface area (Å²) in [7, 11) is -3.16. The van der Waals surface area contributed by atoms with Crippen LogP contribution in [0, 0.1) is 0 Å². The Hall–Kier alpha value is -3.70. The molecule has 3 aromatic carbocycles. The molecule has 50 heavy (non-hydrogen) atoms. The molecule has 5 rings (SSSR count). The number of alkyl halides is 3. The van der Waals surface area contributed by atoms with E-state index >= 15 is 0 Å². The first-order valence-electron chi connectivity index (χ1n) is 17.7. The second kappa shape index (κ2) is 17.0. The van der Waals surface area contributed by atoms with Crippen LogP contribution in [0.25, 0.3) is 11.1 Å². The predicted octanol–water partition coefficient (Wildman–Crippen LogP) is 9.55. The number of benzene rings is 3. The second-order valence-electron chi connectivity index (χ2n) is 13.1. The van der Waals surface area contributed by atoms with Crippen LogP contribution >= 0.6 is 0 Å². The number of rotatable bonds is 19. The van der Waals surface area contributed by atoms with Gasteiger partial charge in [-0.2, -0.15) is 13.2 Å². The van der Waals surface area contributed by atoms with Crippen LogP contribution in [0.2, 0.25) is 0 Å². The minimum atomic E-state index is -4.79. The Morgan fingerprint density at radius 1 is 0.780 bits per heavy atom. The number of nitrogens with zero attached hydrogens (tertiary/aromatic N) is 1. The largest absolute Gasteiger partial charge is 0.508 e. The fraction of sp³-hybridized carbons (Fsp3) is 0.487. The van der Waals surface area contributed by atoms with E-state index in [-0.39, 0.29) is 17.9 Å². The summed E-state index contributed by atoms with van der Waals surface area (Å²) in [6, 6.07) is 19.3. The lowest BCUT2D eigenvalue weighted by Crippen LogP contribution is -2.47. The molecule has 2 bridgehead atoms. The van der Waals surface area contributed by atoms with Gasteiger partial charge in [0.2, 0.25) is 10.0 Å². The highest BCUT2D eigenvalue weighted by molar-refractivity contribution is 7.93. The fourth-order valence-corrected chi connectivity index (χ4v) is 8.91. The maximum atomic E-state index is 14.2. The SMILES string of the molecule is CCCCCCCCCCCCOc1ccc(C2=C(c3ccc(O)cc3)[C@H]3O[C@@H]2C[C@@H]3S(=O)(=O)N(CC(F)(F)F)c2ccc(OC)cc2)cc1. The highest BCUT2D eigenvalue weighted by atomic mass is 32.2. The van der Waals surface area contributed by atoms with Gasteiger partial charge < -0.3 is 19.3 Å². The van der Waals surface area contributed by atoms with Crippen molar-refractivity contribution in [1.82, 2.24) is 0 Å².